The topological polar surface area (TPSA) is 74.7 Å². The number of nitrogens with one attached hydrogen (secondary N) is 1. The summed E-state index contributed by atoms with van der Waals surface area (Å²) in [6, 6.07) is 5.76. The van der Waals surface area contributed by atoms with Gasteiger partial charge in [0.25, 0.3) is 0 Å². The Labute approximate surface area is 144 Å². The molecular formula is C17H21N3O3S. The number of amides is 2. The summed E-state index contributed by atoms with van der Waals surface area (Å²) in [5.41, 5.74) is 1.89. The number of benzene rings is 1. The van der Waals surface area contributed by atoms with Gasteiger partial charge in [0.2, 0.25) is 0 Å². The number of carbonyl (C=O) groups excluding carboxylic acids is 1. The zero-order chi connectivity index (χ0) is 16.7. The smallest absolute Gasteiger partial charge is 0.323 e. The number of anilines is 1. The van der Waals surface area contributed by atoms with E-state index in [0.717, 1.165) is 35.0 Å². The number of hydrogen-bond acceptors (Lipinski definition) is 5. The molecule has 24 heavy (non-hydrogen) atoms. The number of fused-ring (bicyclic) bond motifs is 2. The van der Waals surface area contributed by atoms with Crippen molar-refractivity contribution >= 4 is 32.7 Å². The van der Waals surface area contributed by atoms with E-state index in [4.69, 9.17) is 4.74 Å². The fraction of sp³-hybridized carbons (Fsp3) is 0.529. The van der Waals surface area contributed by atoms with Gasteiger partial charge in [0.05, 0.1) is 29.0 Å². The molecule has 3 atom stereocenters. The van der Waals surface area contributed by atoms with Crippen molar-refractivity contribution in [3.05, 3.63) is 23.8 Å². The summed E-state index contributed by atoms with van der Waals surface area (Å²) in [6.45, 7) is 1.20. The lowest BCUT2D eigenvalue weighted by Gasteiger charge is -2.26. The molecule has 1 aliphatic heterocycles. The summed E-state index contributed by atoms with van der Waals surface area (Å²) >= 11 is 1.46. The number of methoxy groups -OCH3 is 1. The first-order valence-corrected chi connectivity index (χ1v) is 9.12. The van der Waals surface area contributed by atoms with E-state index >= 15 is 0 Å². The number of urea groups is 1. The molecule has 2 aromatic rings. The van der Waals surface area contributed by atoms with Gasteiger partial charge in [-0.05, 0) is 31.2 Å². The SMILES string of the molecule is COCc1cccc2sc(NC(=O)N3CC[C@@H]4CC[C@@H](O)[C@@H]43)nc12. The molecule has 1 aromatic carbocycles. The molecule has 2 fully saturated rings. The van der Waals surface area contributed by atoms with Crippen molar-refractivity contribution < 1.29 is 14.6 Å². The predicted octanol–water partition coefficient (Wildman–Crippen LogP) is 2.82. The van der Waals surface area contributed by atoms with Gasteiger partial charge in [0.15, 0.2) is 5.13 Å². The molecular weight excluding hydrogens is 326 g/mol. The number of thiazole rings is 1. The maximum atomic E-state index is 12.6. The van der Waals surface area contributed by atoms with Crippen LogP contribution in [0.4, 0.5) is 9.93 Å². The van der Waals surface area contributed by atoms with Gasteiger partial charge >= 0.3 is 6.03 Å². The summed E-state index contributed by atoms with van der Waals surface area (Å²) in [6.07, 6.45) is 2.39. The fourth-order valence-corrected chi connectivity index (χ4v) is 4.91. The largest absolute Gasteiger partial charge is 0.391 e. The normalized spacial score (nSPS) is 26.1. The summed E-state index contributed by atoms with van der Waals surface area (Å²) in [4.78, 5) is 19.0. The van der Waals surface area contributed by atoms with Crippen molar-refractivity contribution in [3.63, 3.8) is 0 Å². The van der Waals surface area contributed by atoms with Gasteiger partial charge in [0, 0.05) is 19.2 Å². The van der Waals surface area contributed by atoms with Crippen molar-refractivity contribution in [2.45, 2.75) is 38.0 Å². The average molecular weight is 347 g/mol. The van der Waals surface area contributed by atoms with Crippen LogP contribution in [0.2, 0.25) is 0 Å². The first-order valence-electron chi connectivity index (χ1n) is 8.30. The molecule has 1 saturated heterocycles. The van der Waals surface area contributed by atoms with E-state index in [1.165, 1.54) is 11.3 Å². The number of aromatic nitrogens is 1. The monoisotopic (exact) mass is 347 g/mol. The Kier molecular flexibility index (Phi) is 4.15. The summed E-state index contributed by atoms with van der Waals surface area (Å²) in [5, 5.41) is 13.7. The van der Waals surface area contributed by atoms with Crippen molar-refractivity contribution in [2.75, 3.05) is 19.0 Å². The van der Waals surface area contributed by atoms with Gasteiger partial charge in [-0.2, -0.15) is 0 Å². The molecule has 0 bridgehead atoms. The van der Waals surface area contributed by atoms with E-state index in [1.807, 2.05) is 18.2 Å². The third-order valence-corrected chi connectivity index (χ3v) is 6.02. The highest BCUT2D eigenvalue weighted by molar-refractivity contribution is 7.22. The Balaban J connectivity index is 1.54. The first kappa shape index (κ1) is 15.8. The molecule has 6 nitrogen and oxygen atoms in total. The van der Waals surface area contributed by atoms with Crippen LogP contribution in [-0.2, 0) is 11.3 Å². The molecule has 7 heteroatoms. The lowest BCUT2D eigenvalue weighted by molar-refractivity contribution is 0.101. The van der Waals surface area contributed by atoms with Gasteiger partial charge in [-0.25, -0.2) is 9.78 Å². The minimum Gasteiger partial charge on any atom is -0.391 e. The van der Waals surface area contributed by atoms with Crippen LogP contribution in [0, 0.1) is 5.92 Å². The number of hydrogen-bond donors (Lipinski definition) is 2. The lowest BCUT2D eigenvalue weighted by atomic mass is 10.0. The van der Waals surface area contributed by atoms with Crippen LogP contribution in [0.5, 0.6) is 0 Å². The quantitative estimate of drug-likeness (QED) is 0.895. The van der Waals surface area contributed by atoms with Crippen molar-refractivity contribution in [1.82, 2.24) is 9.88 Å². The Morgan fingerprint density at radius 1 is 1.46 bits per heavy atom. The Morgan fingerprint density at radius 3 is 3.17 bits per heavy atom. The second-order valence-electron chi connectivity index (χ2n) is 6.52. The number of carbonyl (C=O) groups is 1. The van der Waals surface area contributed by atoms with E-state index < -0.39 is 6.10 Å². The van der Waals surface area contributed by atoms with Crippen LogP contribution in [-0.4, -0.2) is 46.8 Å². The highest BCUT2D eigenvalue weighted by Gasteiger charge is 2.45. The fourth-order valence-electron chi connectivity index (χ4n) is 4.00. The number of rotatable bonds is 3. The summed E-state index contributed by atoms with van der Waals surface area (Å²) < 4.78 is 6.24. The van der Waals surface area contributed by atoms with E-state index in [9.17, 15) is 9.90 Å². The zero-order valence-corrected chi connectivity index (χ0v) is 14.4. The third kappa shape index (κ3) is 2.66. The molecule has 1 aromatic heterocycles. The van der Waals surface area contributed by atoms with Crippen molar-refractivity contribution in [2.24, 2.45) is 5.92 Å². The van der Waals surface area contributed by atoms with Gasteiger partial charge in [0.1, 0.15) is 0 Å². The lowest BCUT2D eigenvalue weighted by Crippen LogP contribution is -2.44. The Bertz CT molecular complexity index is 763. The minimum atomic E-state index is -0.396. The van der Waals surface area contributed by atoms with E-state index in [0.29, 0.717) is 24.2 Å². The predicted molar refractivity (Wildman–Crippen MR) is 93.2 cm³/mol. The highest BCUT2D eigenvalue weighted by Crippen LogP contribution is 2.38. The molecule has 128 valence electrons. The average Bonchev–Trinajstić information content (AvgIpc) is 3.24. The summed E-state index contributed by atoms with van der Waals surface area (Å²) in [5.74, 6) is 0.439. The second-order valence-corrected chi connectivity index (χ2v) is 7.55. The number of nitrogens with zero attached hydrogens (tertiary/aromatic N) is 2. The van der Waals surface area contributed by atoms with Crippen molar-refractivity contribution in [3.8, 4) is 0 Å². The van der Waals surface area contributed by atoms with E-state index in [1.54, 1.807) is 12.0 Å². The number of ether oxygens (including phenoxy) is 1. The van der Waals surface area contributed by atoms with Crippen molar-refractivity contribution in [1.29, 1.82) is 0 Å². The molecule has 0 radical (unpaired) electrons. The molecule has 4 rings (SSSR count). The van der Waals surface area contributed by atoms with Gasteiger partial charge in [-0.15, -0.1) is 0 Å². The molecule has 1 saturated carbocycles. The van der Waals surface area contributed by atoms with Crippen LogP contribution < -0.4 is 5.32 Å². The van der Waals surface area contributed by atoms with Gasteiger partial charge in [-0.1, -0.05) is 23.5 Å². The number of para-hydroxylation sites is 1. The van der Waals surface area contributed by atoms with E-state index in [-0.39, 0.29) is 12.1 Å². The highest BCUT2D eigenvalue weighted by atomic mass is 32.1. The standard InChI is InChI=1S/C17H21N3O3S/c1-23-9-11-3-2-4-13-14(11)18-16(24-13)19-17(22)20-8-7-10-5-6-12(21)15(10)20/h2-4,10,12,15,21H,5-9H2,1H3,(H,18,19,22)/t10-,12+,15+/m0/s1. The van der Waals surface area contributed by atoms with Crippen LogP contribution in [0.3, 0.4) is 0 Å². The number of likely N-dealkylation sites (tertiary alicyclic amines) is 1. The van der Waals surface area contributed by atoms with Gasteiger partial charge < -0.3 is 14.7 Å². The molecule has 2 N–H and O–H groups in total. The molecule has 2 aliphatic rings. The maximum Gasteiger partial charge on any atom is 0.323 e. The maximum absolute atomic E-state index is 12.6. The van der Waals surface area contributed by atoms with Crippen LogP contribution in [0.25, 0.3) is 10.2 Å². The number of aliphatic hydroxyl groups is 1. The molecule has 1 aliphatic carbocycles. The Morgan fingerprint density at radius 2 is 2.33 bits per heavy atom. The first-order chi connectivity index (χ1) is 11.7. The Hall–Kier alpha value is -1.70. The number of aliphatic hydroxyl groups excluding tert-OH is 1. The molecule has 2 heterocycles. The van der Waals surface area contributed by atoms with Crippen LogP contribution in [0.15, 0.2) is 18.2 Å². The minimum absolute atomic E-state index is 0.0385. The van der Waals surface area contributed by atoms with Crippen LogP contribution >= 0.6 is 11.3 Å². The zero-order valence-electron chi connectivity index (χ0n) is 13.6. The van der Waals surface area contributed by atoms with Crippen LogP contribution in [0.1, 0.15) is 24.8 Å². The third-order valence-electron chi connectivity index (χ3n) is 5.09. The molecule has 0 unspecified atom stereocenters. The second kappa shape index (κ2) is 6.31. The molecule has 2 amide bonds. The summed E-state index contributed by atoms with van der Waals surface area (Å²) in [7, 11) is 1.66. The molecule has 0 spiro atoms. The van der Waals surface area contributed by atoms with E-state index in [2.05, 4.69) is 10.3 Å². The van der Waals surface area contributed by atoms with Gasteiger partial charge in [-0.3, -0.25) is 5.32 Å².